The predicted molar refractivity (Wildman–Crippen MR) is 63.8 cm³/mol. The normalized spacial score (nSPS) is 11.9. The molecule has 3 N–H and O–H groups in total. The highest BCUT2D eigenvalue weighted by Crippen LogP contribution is 2.05. The van der Waals surface area contributed by atoms with Gasteiger partial charge in [-0.2, -0.15) is 0 Å². The highest BCUT2D eigenvalue weighted by atomic mass is 16.5. The molecule has 1 unspecified atom stereocenters. The van der Waals surface area contributed by atoms with E-state index in [-0.39, 0.29) is 11.9 Å². The number of benzene rings is 1. The highest BCUT2D eigenvalue weighted by molar-refractivity contribution is 5.99. The van der Waals surface area contributed by atoms with Crippen molar-refractivity contribution in [1.29, 1.82) is 0 Å². The van der Waals surface area contributed by atoms with Gasteiger partial charge in [-0.05, 0) is 25.1 Å². The van der Waals surface area contributed by atoms with Gasteiger partial charge in [0.25, 0.3) is 5.91 Å². The Hall–Kier alpha value is -1.88. The minimum absolute atomic E-state index is 0.0928. The van der Waals surface area contributed by atoms with E-state index in [1.807, 2.05) is 6.92 Å². The van der Waals surface area contributed by atoms with Crippen LogP contribution in [-0.4, -0.2) is 31.6 Å². The number of rotatable bonds is 5. The fourth-order valence-corrected chi connectivity index (χ4v) is 1.41. The molecule has 0 radical (unpaired) electrons. The van der Waals surface area contributed by atoms with Crippen molar-refractivity contribution >= 4 is 11.8 Å². The number of methoxy groups -OCH3 is 1. The van der Waals surface area contributed by atoms with Crippen molar-refractivity contribution in [3.05, 3.63) is 35.4 Å². The number of nitrogens with one attached hydrogen (secondary N) is 1. The maximum absolute atomic E-state index is 11.8. The van der Waals surface area contributed by atoms with E-state index in [0.29, 0.717) is 17.7 Å². The lowest BCUT2D eigenvalue weighted by Crippen LogP contribution is -2.35. The number of carbonyl (C=O) groups is 2. The Kier molecular flexibility index (Phi) is 4.66. The minimum Gasteiger partial charge on any atom is -0.383 e. The SMILES string of the molecule is COCC(C)NC(=O)c1cccc(C(N)=O)c1. The summed E-state index contributed by atoms with van der Waals surface area (Å²) in [5.74, 6) is -0.803. The third-order valence-corrected chi connectivity index (χ3v) is 2.20. The molecule has 0 heterocycles. The van der Waals surface area contributed by atoms with Gasteiger partial charge in [0.05, 0.1) is 6.61 Å². The summed E-state index contributed by atoms with van der Waals surface area (Å²) in [7, 11) is 1.57. The number of ether oxygens (including phenoxy) is 1. The van der Waals surface area contributed by atoms with Crippen molar-refractivity contribution < 1.29 is 14.3 Å². The predicted octanol–water partition coefficient (Wildman–Crippen LogP) is 0.550. The highest BCUT2D eigenvalue weighted by Gasteiger charge is 2.11. The second kappa shape index (κ2) is 6.00. The second-order valence-electron chi connectivity index (χ2n) is 3.77. The molecule has 0 fully saturated rings. The van der Waals surface area contributed by atoms with E-state index < -0.39 is 5.91 Å². The van der Waals surface area contributed by atoms with E-state index in [2.05, 4.69) is 5.32 Å². The molecular formula is C12H16N2O3. The Bertz CT molecular complexity index is 418. The zero-order valence-electron chi connectivity index (χ0n) is 9.90. The summed E-state index contributed by atoms with van der Waals surface area (Å²) in [6.45, 7) is 2.26. The molecule has 1 rings (SSSR count). The number of amides is 2. The summed E-state index contributed by atoms with van der Waals surface area (Å²) in [4.78, 5) is 22.8. The van der Waals surface area contributed by atoms with Crippen LogP contribution in [0, 0.1) is 0 Å². The van der Waals surface area contributed by atoms with Gasteiger partial charge in [-0.3, -0.25) is 9.59 Å². The Morgan fingerprint density at radius 1 is 1.41 bits per heavy atom. The Labute approximate surface area is 99.9 Å². The summed E-state index contributed by atoms with van der Waals surface area (Å²) >= 11 is 0. The van der Waals surface area contributed by atoms with E-state index in [0.717, 1.165) is 0 Å². The van der Waals surface area contributed by atoms with Gasteiger partial charge < -0.3 is 15.8 Å². The molecule has 0 aliphatic heterocycles. The van der Waals surface area contributed by atoms with Crippen LogP contribution in [0.15, 0.2) is 24.3 Å². The third kappa shape index (κ3) is 3.88. The first-order valence-corrected chi connectivity index (χ1v) is 5.24. The third-order valence-electron chi connectivity index (χ3n) is 2.20. The van der Waals surface area contributed by atoms with Crippen molar-refractivity contribution in [3.8, 4) is 0 Å². The van der Waals surface area contributed by atoms with Crippen LogP contribution in [-0.2, 0) is 4.74 Å². The Balaban J connectivity index is 2.75. The van der Waals surface area contributed by atoms with Gasteiger partial charge in [-0.15, -0.1) is 0 Å². The Morgan fingerprint density at radius 2 is 2.06 bits per heavy atom. The van der Waals surface area contributed by atoms with Crippen LogP contribution in [0.25, 0.3) is 0 Å². The maximum atomic E-state index is 11.8. The molecule has 0 saturated heterocycles. The molecule has 2 amide bonds. The van der Waals surface area contributed by atoms with Crippen LogP contribution in [0.2, 0.25) is 0 Å². The molecule has 1 atom stereocenters. The zero-order valence-corrected chi connectivity index (χ0v) is 9.90. The molecule has 1 aromatic rings. The number of primary amides is 1. The smallest absolute Gasteiger partial charge is 0.251 e. The largest absolute Gasteiger partial charge is 0.383 e. The van der Waals surface area contributed by atoms with E-state index in [1.165, 1.54) is 6.07 Å². The van der Waals surface area contributed by atoms with Gasteiger partial charge in [-0.25, -0.2) is 0 Å². The molecule has 5 heteroatoms. The molecule has 0 spiro atoms. The molecule has 1 aromatic carbocycles. The summed E-state index contributed by atoms with van der Waals surface area (Å²) in [6, 6.07) is 6.19. The quantitative estimate of drug-likeness (QED) is 0.783. The summed E-state index contributed by atoms with van der Waals surface area (Å²) in [6.07, 6.45) is 0. The monoisotopic (exact) mass is 236 g/mol. The molecule has 0 aromatic heterocycles. The molecular weight excluding hydrogens is 220 g/mol. The van der Waals surface area contributed by atoms with E-state index >= 15 is 0 Å². The first kappa shape index (κ1) is 13.2. The van der Waals surface area contributed by atoms with E-state index in [1.54, 1.807) is 25.3 Å². The average Bonchev–Trinajstić information content (AvgIpc) is 2.29. The standard InChI is InChI=1S/C12H16N2O3/c1-8(7-17-2)14-12(16)10-5-3-4-9(6-10)11(13)15/h3-6,8H,7H2,1-2H3,(H2,13,15)(H,14,16). The Morgan fingerprint density at radius 3 is 2.65 bits per heavy atom. The molecule has 0 bridgehead atoms. The topological polar surface area (TPSA) is 81.4 Å². The number of hydrogen-bond acceptors (Lipinski definition) is 3. The minimum atomic E-state index is -0.551. The lowest BCUT2D eigenvalue weighted by atomic mass is 10.1. The molecule has 0 aliphatic carbocycles. The van der Waals surface area contributed by atoms with Crippen LogP contribution in [0.1, 0.15) is 27.6 Å². The maximum Gasteiger partial charge on any atom is 0.251 e. The molecule has 0 aliphatic rings. The van der Waals surface area contributed by atoms with Crippen LogP contribution >= 0.6 is 0 Å². The van der Waals surface area contributed by atoms with Crippen molar-refractivity contribution in [2.75, 3.05) is 13.7 Å². The van der Waals surface area contributed by atoms with Crippen LogP contribution in [0.4, 0.5) is 0 Å². The lowest BCUT2D eigenvalue weighted by Gasteiger charge is -2.12. The van der Waals surface area contributed by atoms with Gasteiger partial charge in [0.1, 0.15) is 0 Å². The van der Waals surface area contributed by atoms with Gasteiger partial charge in [0, 0.05) is 24.3 Å². The van der Waals surface area contributed by atoms with E-state index in [4.69, 9.17) is 10.5 Å². The van der Waals surface area contributed by atoms with Crippen LogP contribution in [0.3, 0.4) is 0 Å². The van der Waals surface area contributed by atoms with Crippen molar-refractivity contribution in [2.45, 2.75) is 13.0 Å². The fraction of sp³-hybridized carbons (Fsp3) is 0.333. The second-order valence-corrected chi connectivity index (χ2v) is 3.77. The van der Waals surface area contributed by atoms with Crippen LogP contribution < -0.4 is 11.1 Å². The van der Waals surface area contributed by atoms with Gasteiger partial charge in [0.15, 0.2) is 0 Å². The number of hydrogen-bond donors (Lipinski definition) is 2. The fourth-order valence-electron chi connectivity index (χ4n) is 1.41. The molecule has 5 nitrogen and oxygen atoms in total. The number of carbonyl (C=O) groups excluding carboxylic acids is 2. The van der Waals surface area contributed by atoms with Gasteiger partial charge in [-0.1, -0.05) is 6.07 Å². The summed E-state index contributed by atoms with van der Waals surface area (Å²) < 4.78 is 4.91. The van der Waals surface area contributed by atoms with Crippen molar-refractivity contribution in [1.82, 2.24) is 5.32 Å². The first-order valence-electron chi connectivity index (χ1n) is 5.24. The average molecular weight is 236 g/mol. The first-order chi connectivity index (χ1) is 8.04. The summed E-state index contributed by atoms with van der Waals surface area (Å²) in [5.41, 5.74) is 5.86. The van der Waals surface area contributed by atoms with Crippen molar-refractivity contribution in [3.63, 3.8) is 0 Å². The van der Waals surface area contributed by atoms with Gasteiger partial charge in [0.2, 0.25) is 5.91 Å². The summed E-state index contributed by atoms with van der Waals surface area (Å²) in [5, 5.41) is 2.75. The molecule has 17 heavy (non-hydrogen) atoms. The lowest BCUT2D eigenvalue weighted by molar-refractivity contribution is 0.0905. The number of nitrogens with two attached hydrogens (primary N) is 1. The molecule has 0 saturated carbocycles. The van der Waals surface area contributed by atoms with Gasteiger partial charge >= 0.3 is 0 Å². The van der Waals surface area contributed by atoms with Crippen molar-refractivity contribution in [2.24, 2.45) is 5.73 Å². The van der Waals surface area contributed by atoms with Crippen LogP contribution in [0.5, 0.6) is 0 Å². The zero-order chi connectivity index (χ0) is 12.8. The van der Waals surface area contributed by atoms with E-state index in [9.17, 15) is 9.59 Å². The molecule has 92 valence electrons.